The van der Waals surface area contributed by atoms with E-state index in [9.17, 15) is 19.5 Å². The number of hydrogen-bond acceptors (Lipinski definition) is 7. The van der Waals surface area contributed by atoms with E-state index in [-0.39, 0.29) is 22.3 Å². The molecule has 0 radical (unpaired) electrons. The second-order valence-corrected chi connectivity index (χ2v) is 8.80. The number of carboxylic acids is 1. The minimum absolute atomic E-state index is 0.0624. The van der Waals surface area contributed by atoms with Crippen molar-refractivity contribution in [1.82, 2.24) is 10.2 Å². The van der Waals surface area contributed by atoms with E-state index < -0.39 is 11.9 Å². The largest absolute Gasteiger partial charge is 0.478 e. The number of nitrogens with one attached hydrogen (secondary N) is 2. The number of aromatic nitrogens is 2. The van der Waals surface area contributed by atoms with Crippen LogP contribution in [-0.2, 0) is 4.79 Å². The second kappa shape index (κ2) is 9.51. The molecule has 0 unspecified atom stereocenters. The van der Waals surface area contributed by atoms with Gasteiger partial charge in [0.1, 0.15) is 5.01 Å². The van der Waals surface area contributed by atoms with E-state index in [0.717, 1.165) is 9.90 Å². The molecule has 0 aliphatic rings. The highest BCUT2D eigenvalue weighted by Gasteiger charge is 2.17. The van der Waals surface area contributed by atoms with E-state index >= 15 is 0 Å². The van der Waals surface area contributed by atoms with Crippen LogP contribution < -0.4 is 10.6 Å². The number of carbonyl (C=O) groups excluding carboxylic acids is 2. The summed E-state index contributed by atoms with van der Waals surface area (Å²) < 4.78 is 0. The van der Waals surface area contributed by atoms with Crippen LogP contribution in [0.2, 0.25) is 0 Å². The topological polar surface area (TPSA) is 121 Å². The Kier molecular flexibility index (Phi) is 6.80. The van der Waals surface area contributed by atoms with Crippen molar-refractivity contribution in [3.05, 3.63) is 64.7 Å². The predicted molar refractivity (Wildman–Crippen MR) is 116 cm³/mol. The Morgan fingerprint density at radius 1 is 1.00 bits per heavy atom. The van der Waals surface area contributed by atoms with Gasteiger partial charge in [-0.1, -0.05) is 23.5 Å². The summed E-state index contributed by atoms with van der Waals surface area (Å²) in [5.41, 5.74) is 0.541. The molecule has 3 N–H and O–H groups in total. The van der Waals surface area contributed by atoms with E-state index in [1.54, 1.807) is 43.3 Å². The number of rotatable bonds is 7. The molecule has 0 spiro atoms. The summed E-state index contributed by atoms with van der Waals surface area (Å²) in [5, 5.41) is 23.2. The van der Waals surface area contributed by atoms with Gasteiger partial charge in [-0.05, 0) is 50.2 Å². The van der Waals surface area contributed by atoms with Crippen LogP contribution >= 0.6 is 23.1 Å². The smallest absolute Gasteiger partial charge is 0.336 e. The molecule has 1 atom stereocenters. The van der Waals surface area contributed by atoms with Gasteiger partial charge in [0.05, 0.1) is 16.4 Å². The van der Waals surface area contributed by atoms with Gasteiger partial charge in [0.15, 0.2) is 0 Å². The van der Waals surface area contributed by atoms with Gasteiger partial charge >= 0.3 is 5.97 Å². The van der Waals surface area contributed by atoms with E-state index in [1.807, 2.05) is 6.92 Å². The lowest BCUT2D eigenvalue weighted by Crippen LogP contribution is -2.22. The Balaban J connectivity index is 1.60. The fourth-order valence-corrected chi connectivity index (χ4v) is 3.96. The molecule has 3 aromatic rings. The number of thioether (sulfide) groups is 1. The van der Waals surface area contributed by atoms with Crippen molar-refractivity contribution >= 4 is 51.7 Å². The molecule has 10 heteroatoms. The number of nitrogens with zero attached hydrogens (tertiary/aromatic N) is 2. The Hall–Kier alpha value is -3.24. The zero-order chi connectivity index (χ0) is 21.7. The molecule has 0 fully saturated rings. The maximum absolute atomic E-state index is 12.4. The fourth-order valence-electron chi connectivity index (χ4n) is 2.49. The number of anilines is 2. The maximum atomic E-state index is 12.4. The van der Waals surface area contributed by atoms with E-state index in [4.69, 9.17) is 0 Å². The lowest BCUT2D eigenvalue weighted by Gasteiger charge is -2.11. The number of amides is 2. The zero-order valence-corrected chi connectivity index (χ0v) is 17.7. The number of aryl methyl sites for hydroxylation is 1. The van der Waals surface area contributed by atoms with Crippen molar-refractivity contribution in [2.75, 3.05) is 10.6 Å². The molecule has 0 saturated heterocycles. The quantitative estimate of drug-likeness (QED) is 0.474. The van der Waals surface area contributed by atoms with Gasteiger partial charge in [0.2, 0.25) is 11.0 Å². The van der Waals surface area contributed by atoms with Gasteiger partial charge in [-0.3, -0.25) is 14.9 Å². The van der Waals surface area contributed by atoms with Gasteiger partial charge in [0.25, 0.3) is 5.91 Å². The highest BCUT2D eigenvalue weighted by Crippen LogP contribution is 2.26. The first-order valence-electron chi connectivity index (χ1n) is 8.85. The average Bonchev–Trinajstić information content (AvgIpc) is 3.13. The third-order valence-electron chi connectivity index (χ3n) is 3.95. The molecule has 8 nitrogen and oxygen atoms in total. The molecule has 0 aliphatic carbocycles. The standard InChI is InChI=1S/C20H18N4O4S2/c1-11(17(25)22-20-24-23-12(2)30-20)29-14-9-7-13(8-10-14)21-18(26)15-5-3-4-6-16(15)19(27)28/h3-11H,1-2H3,(H,21,26)(H,27,28)(H,22,24,25)/t11-/m1/s1. The third kappa shape index (κ3) is 5.43. The van der Waals surface area contributed by atoms with E-state index in [0.29, 0.717) is 10.8 Å². The van der Waals surface area contributed by atoms with Gasteiger partial charge in [-0.15, -0.1) is 22.0 Å². The number of aromatic carboxylic acids is 1. The second-order valence-electron chi connectivity index (χ2n) is 6.20. The predicted octanol–water partition coefficient (Wildman–Crippen LogP) is 3.92. The van der Waals surface area contributed by atoms with Crippen LogP contribution in [0, 0.1) is 6.92 Å². The van der Waals surface area contributed by atoms with Crippen LogP contribution in [-0.4, -0.2) is 38.3 Å². The average molecular weight is 443 g/mol. The molecule has 30 heavy (non-hydrogen) atoms. The molecule has 2 amide bonds. The lowest BCUT2D eigenvalue weighted by atomic mass is 10.1. The Morgan fingerprint density at radius 2 is 1.67 bits per heavy atom. The zero-order valence-electron chi connectivity index (χ0n) is 16.1. The first kappa shape index (κ1) is 21.5. The Bertz CT molecular complexity index is 1080. The highest BCUT2D eigenvalue weighted by atomic mass is 32.2. The molecule has 2 aromatic carbocycles. The summed E-state index contributed by atoms with van der Waals surface area (Å²) in [4.78, 5) is 36.8. The molecule has 1 aromatic heterocycles. The van der Waals surface area contributed by atoms with Crippen molar-refractivity contribution in [2.45, 2.75) is 24.0 Å². The van der Waals surface area contributed by atoms with Crippen LogP contribution in [0.3, 0.4) is 0 Å². The summed E-state index contributed by atoms with van der Waals surface area (Å²) in [6.45, 7) is 3.60. The van der Waals surface area contributed by atoms with Crippen LogP contribution in [0.25, 0.3) is 0 Å². The molecule has 0 aliphatic heterocycles. The highest BCUT2D eigenvalue weighted by molar-refractivity contribution is 8.00. The monoisotopic (exact) mass is 442 g/mol. The molecule has 3 rings (SSSR count). The maximum Gasteiger partial charge on any atom is 0.336 e. The first-order valence-corrected chi connectivity index (χ1v) is 10.5. The normalized spacial score (nSPS) is 11.5. The minimum atomic E-state index is -1.16. The van der Waals surface area contributed by atoms with E-state index in [2.05, 4.69) is 20.8 Å². The Morgan fingerprint density at radius 3 is 2.27 bits per heavy atom. The van der Waals surface area contributed by atoms with Crippen LogP contribution in [0.15, 0.2) is 53.4 Å². The molecule has 1 heterocycles. The molecular weight excluding hydrogens is 424 g/mol. The van der Waals surface area contributed by atoms with Crippen molar-refractivity contribution in [3.8, 4) is 0 Å². The molecule has 0 saturated carbocycles. The number of carbonyl (C=O) groups is 3. The molecular formula is C20H18N4O4S2. The fraction of sp³-hybridized carbons (Fsp3) is 0.150. The van der Waals surface area contributed by atoms with Crippen molar-refractivity contribution in [1.29, 1.82) is 0 Å². The number of benzene rings is 2. The number of hydrogen-bond donors (Lipinski definition) is 3. The van der Waals surface area contributed by atoms with Crippen molar-refractivity contribution < 1.29 is 19.5 Å². The minimum Gasteiger partial charge on any atom is -0.478 e. The summed E-state index contributed by atoms with van der Waals surface area (Å²) in [6.07, 6.45) is 0. The van der Waals surface area contributed by atoms with Crippen LogP contribution in [0.5, 0.6) is 0 Å². The van der Waals surface area contributed by atoms with Gasteiger partial charge in [0, 0.05) is 10.6 Å². The molecule has 0 bridgehead atoms. The van der Waals surface area contributed by atoms with Crippen molar-refractivity contribution in [3.63, 3.8) is 0 Å². The summed E-state index contributed by atoms with van der Waals surface area (Å²) in [6, 6.07) is 13.0. The van der Waals surface area contributed by atoms with Crippen LogP contribution in [0.1, 0.15) is 32.6 Å². The van der Waals surface area contributed by atoms with Gasteiger partial charge in [-0.2, -0.15) is 0 Å². The van der Waals surface area contributed by atoms with Gasteiger partial charge in [-0.25, -0.2) is 4.79 Å². The lowest BCUT2D eigenvalue weighted by molar-refractivity contribution is -0.115. The Labute approximate surface area is 180 Å². The SMILES string of the molecule is Cc1nnc(NC(=O)[C@@H](C)Sc2ccc(NC(=O)c3ccccc3C(=O)O)cc2)s1. The van der Waals surface area contributed by atoms with E-state index in [1.165, 1.54) is 35.2 Å². The van der Waals surface area contributed by atoms with Gasteiger partial charge < -0.3 is 10.4 Å². The summed E-state index contributed by atoms with van der Waals surface area (Å²) in [7, 11) is 0. The number of carboxylic acid groups (broad SMARTS) is 1. The summed E-state index contributed by atoms with van der Waals surface area (Å²) in [5.74, 6) is -1.85. The van der Waals surface area contributed by atoms with Crippen LogP contribution in [0.4, 0.5) is 10.8 Å². The summed E-state index contributed by atoms with van der Waals surface area (Å²) >= 11 is 2.67. The van der Waals surface area contributed by atoms with Crippen molar-refractivity contribution in [2.24, 2.45) is 0 Å². The first-order chi connectivity index (χ1) is 14.3. The molecule has 154 valence electrons. The third-order valence-corrected chi connectivity index (χ3v) is 5.82.